The number of benzene rings is 2. The number of halogens is 2. The van der Waals surface area contributed by atoms with Gasteiger partial charge in [0.1, 0.15) is 0 Å². The van der Waals surface area contributed by atoms with Crippen LogP contribution in [0.4, 0.5) is 0 Å². The van der Waals surface area contributed by atoms with Crippen molar-refractivity contribution in [1.29, 1.82) is 0 Å². The molecule has 2 aromatic rings. The van der Waals surface area contributed by atoms with Gasteiger partial charge in [0.15, 0.2) is 9.84 Å². The van der Waals surface area contributed by atoms with E-state index in [-0.39, 0.29) is 25.6 Å². The fraction of sp³-hybridized carbons (Fsp3) is 0.143. The van der Waals surface area contributed by atoms with E-state index in [0.29, 0.717) is 5.56 Å². The smallest absolute Gasteiger partial charge is 0.224 e. The number of rotatable bonds is 3. The van der Waals surface area contributed by atoms with Crippen LogP contribution in [0.25, 0.3) is 0 Å². The van der Waals surface area contributed by atoms with Crippen LogP contribution < -0.4 is 4.72 Å². The zero-order valence-electron chi connectivity index (χ0n) is 11.5. The third kappa shape index (κ3) is 3.12. The average molecular weight is 392 g/mol. The van der Waals surface area contributed by atoms with E-state index in [1.807, 2.05) is 0 Å². The van der Waals surface area contributed by atoms with Crippen molar-refractivity contribution < 1.29 is 16.8 Å². The van der Waals surface area contributed by atoms with Crippen LogP contribution in [-0.4, -0.2) is 22.6 Å². The molecule has 0 unspecified atom stereocenters. The molecule has 0 spiro atoms. The largest absolute Gasteiger partial charge is 0.241 e. The van der Waals surface area contributed by atoms with Crippen molar-refractivity contribution in [1.82, 2.24) is 4.72 Å². The molecule has 5 nitrogen and oxygen atoms in total. The molecule has 1 aliphatic heterocycles. The highest BCUT2D eigenvalue weighted by Gasteiger charge is 2.36. The van der Waals surface area contributed by atoms with Gasteiger partial charge in [-0.05, 0) is 29.8 Å². The van der Waals surface area contributed by atoms with Crippen molar-refractivity contribution in [3.8, 4) is 0 Å². The summed E-state index contributed by atoms with van der Waals surface area (Å²) in [5.74, 6) is -0.313. The number of nitrogens with one attached hydrogen (secondary N) is 1. The van der Waals surface area contributed by atoms with Gasteiger partial charge >= 0.3 is 0 Å². The van der Waals surface area contributed by atoms with Crippen molar-refractivity contribution >= 4 is 43.1 Å². The van der Waals surface area contributed by atoms with Crippen molar-refractivity contribution in [3.63, 3.8) is 0 Å². The molecule has 0 saturated carbocycles. The Morgan fingerprint density at radius 2 is 1.74 bits per heavy atom. The second-order valence-corrected chi connectivity index (χ2v) is 9.60. The molecule has 0 fully saturated rings. The normalized spacial score (nSPS) is 19.5. The maximum absolute atomic E-state index is 12.5. The minimum absolute atomic E-state index is 0.0753. The minimum atomic E-state index is -3.93. The van der Waals surface area contributed by atoms with E-state index >= 15 is 0 Å². The topological polar surface area (TPSA) is 80.3 Å². The van der Waals surface area contributed by atoms with Crippen LogP contribution in [-0.2, 0) is 19.9 Å². The molecular formula is C14H11Cl2NO4S2. The maximum atomic E-state index is 12.5. The first-order chi connectivity index (χ1) is 10.7. The van der Waals surface area contributed by atoms with Gasteiger partial charge in [0, 0.05) is 0 Å². The van der Waals surface area contributed by atoms with Crippen LogP contribution in [0.1, 0.15) is 11.6 Å². The lowest BCUT2D eigenvalue weighted by atomic mass is 10.1. The first-order valence-corrected chi connectivity index (χ1v) is 10.4. The molecule has 0 saturated heterocycles. The van der Waals surface area contributed by atoms with Gasteiger partial charge in [-0.25, -0.2) is 21.6 Å². The summed E-state index contributed by atoms with van der Waals surface area (Å²) < 4.78 is 51.6. The van der Waals surface area contributed by atoms with Gasteiger partial charge < -0.3 is 0 Å². The Balaban J connectivity index is 1.98. The molecule has 1 atom stereocenters. The number of sulfone groups is 1. The van der Waals surface area contributed by atoms with Gasteiger partial charge in [-0.15, -0.1) is 0 Å². The quantitative estimate of drug-likeness (QED) is 0.871. The predicted octanol–water partition coefficient (Wildman–Crippen LogP) is 2.80. The first kappa shape index (κ1) is 16.7. The highest BCUT2D eigenvalue weighted by Crippen LogP contribution is 2.34. The van der Waals surface area contributed by atoms with Crippen molar-refractivity contribution in [2.45, 2.75) is 15.8 Å². The fourth-order valence-corrected chi connectivity index (χ4v) is 5.89. The number of fused-ring (bicyclic) bond motifs is 1. The Hall–Kier alpha value is -1.12. The molecular weight excluding hydrogens is 381 g/mol. The van der Waals surface area contributed by atoms with Crippen LogP contribution in [0.15, 0.2) is 52.3 Å². The summed E-state index contributed by atoms with van der Waals surface area (Å²) in [6.07, 6.45) is 0. The second kappa shape index (κ2) is 5.75. The van der Waals surface area contributed by atoms with Crippen molar-refractivity contribution in [3.05, 3.63) is 58.1 Å². The van der Waals surface area contributed by atoms with Crippen LogP contribution in [0.2, 0.25) is 10.0 Å². The van der Waals surface area contributed by atoms with Gasteiger partial charge in [0.25, 0.3) is 0 Å². The summed E-state index contributed by atoms with van der Waals surface area (Å²) in [4.78, 5) is 0.0792. The highest BCUT2D eigenvalue weighted by atomic mass is 35.5. The Labute approximate surface area is 144 Å². The van der Waals surface area contributed by atoms with Crippen LogP contribution in [0.5, 0.6) is 0 Å². The lowest BCUT2D eigenvalue weighted by Gasteiger charge is -2.13. The summed E-state index contributed by atoms with van der Waals surface area (Å²) in [7, 11) is -7.43. The van der Waals surface area contributed by atoms with E-state index in [9.17, 15) is 16.8 Å². The number of hydrogen-bond acceptors (Lipinski definition) is 4. The first-order valence-electron chi connectivity index (χ1n) is 6.50. The van der Waals surface area contributed by atoms with Gasteiger partial charge in [0.05, 0.1) is 31.6 Å². The van der Waals surface area contributed by atoms with E-state index in [1.54, 1.807) is 18.2 Å². The molecule has 0 bridgehead atoms. The Morgan fingerprint density at radius 1 is 1.04 bits per heavy atom. The van der Waals surface area contributed by atoms with Gasteiger partial charge in [-0.3, -0.25) is 0 Å². The third-order valence-electron chi connectivity index (χ3n) is 3.51. The standard InChI is InChI=1S/C14H11Cl2NO4S2/c15-11-6-5-9(7-12(11)16)23(20,21)17-13-8-22(18,19)14-4-2-1-3-10(13)14/h1-7,13,17H,8H2/t13-/m1/s1. The number of sulfonamides is 1. The molecule has 2 aromatic carbocycles. The molecule has 0 radical (unpaired) electrons. The Morgan fingerprint density at radius 3 is 2.43 bits per heavy atom. The van der Waals surface area contributed by atoms with Gasteiger partial charge in [-0.2, -0.15) is 0 Å². The summed E-state index contributed by atoms with van der Waals surface area (Å²) in [5, 5.41) is 0.341. The monoisotopic (exact) mass is 391 g/mol. The van der Waals surface area contributed by atoms with Crippen LogP contribution in [0.3, 0.4) is 0 Å². The average Bonchev–Trinajstić information content (AvgIpc) is 2.73. The highest BCUT2D eigenvalue weighted by molar-refractivity contribution is 7.92. The lowest BCUT2D eigenvalue weighted by molar-refractivity contribution is 0.566. The summed E-state index contributed by atoms with van der Waals surface area (Å²) in [5.41, 5.74) is 0.441. The summed E-state index contributed by atoms with van der Waals surface area (Å²) in [6, 6.07) is 9.41. The zero-order valence-corrected chi connectivity index (χ0v) is 14.7. The van der Waals surface area contributed by atoms with E-state index in [1.165, 1.54) is 24.3 Å². The zero-order chi connectivity index (χ0) is 16.8. The number of hydrogen-bond donors (Lipinski definition) is 1. The molecule has 0 aliphatic carbocycles. The van der Waals surface area contributed by atoms with E-state index in [0.717, 1.165) is 0 Å². The molecule has 9 heteroatoms. The SMILES string of the molecule is O=S1(=O)C[C@@H](NS(=O)(=O)c2ccc(Cl)c(Cl)c2)c2ccccc21. The van der Waals surface area contributed by atoms with Crippen molar-refractivity contribution in [2.75, 3.05) is 5.75 Å². The summed E-state index contributed by atoms with van der Waals surface area (Å²) >= 11 is 11.6. The molecule has 0 amide bonds. The molecule has 122 valence electrons. The Bertz CT molecular complexity index is 988. The van der Waals surface area contributed by atoms with Crippen molar-refractivity contribution in [2.24, 2.45) is 0 Å². The molecule has 1 N–H and O–H groups in total. The molecule has 23 heavy (non-hydrogen) atoms. The minimum Gasteiger partial charge on any atom is -0.224 e. The molecule has 3 rings (SSSR count). The van der Waals surface area contributed by atoms with Gasteiger partial charge in [0.2, 0.25) is 10.0 Å². The maximum Gasteiger partial charge on any atom is 0.241 e. The second-order valence-electron chi connectivity index (χ2n) is 5.07. The predicted molar refractivity (Wildman–Crippen MR) is 88.0 cm³/mol. The Kier molecular flexibility index (Phi) is 4.18. The van der Waals surface area contributed by atoms with Crippen LogP contribution in [0, 0.1) is 0 Å². The van der Waals surface area contributed by atoms with E-state index < -0.39 is 25.9 Å². The van der Waals surface area contributed by atoms with E-state index in [4.69, 9.17) is 23.2 Å². The molecule has 1 heterocycles. The molecule has 0 aromatic heterocycles. The fourth-order valence-electron chi connectivity index (χ4n) is 2.45. The molecule has 1 aliphatic rings. The van der Waals surface area contributed by atoms with Crippen LogP contribution >= 0.6 is 23.2 Å². The lowest BCUT2D eigenvalue weighted by Crippen LogP contribution is -2.29. The van der Waals surface area contributed by atoms with Gasteiger partial charge in [-0.1, -0.05) is 41.4 Å². The summed E-state index contributed by atoms with van der Waals surface area (Å²) in [6.45, 7) is 0. The van der Waals surface area contributed by atoms with E-state index in [2.05, 4.69) is 4.72 Å². The third-order valence-corrected chi connectivity index (χ3v) is 7.54.